The van der Waals surface area contributed by atoms with Crippen LogP contribution in [0, 0.1) is 0 Å². The van der Waals surface area contributed by atoms with Crippen LogP contribution in [0.25, 0.3) is 0 Å². The third-order valence-electron chi connectivity index (χ3n) is 3.44. The summed E-state index contributed by atoms with van der Waals surface area (Å²) in [5.74, 6) is 0.262. The highest BCUT2D eigenvalue weighted by molar-refractivity contribution is 7.99. The van der Waals surface area contributed by atoms with Crippen molar-refractivity contribution in [2.24, 2.45) is 0 Å². The van der Waals surface area contributed by atoms with Crippen LogP contribution in [0.3, 0.4) is 0 Å². The van der Waals surface area contributed by atoms with E-state index in [0.29, 0.717) is 6.42 Å². The first kappa shape index (κ1) is 13.3. The summed E-state index contributed by atoms with van der Waals surface area (Å²) in [4.78, 5) is 16.1. The van der Waals surface area contributed by atoms with Crippen molar-refractivity contribution in [3.63, 3.8) is 0 Å². The fourth-order valence-electron chi connectivity index (χ4n) is 2.51. The molecule has 0 fully saturated rings. The molecule has 2 nitrogen and oxygen atoms in total. The summed E-state index contributed by atoms with van der Waals surface area (Å²) in [5.41, 5.74) is 2.50. The van der Waals surface area contributed by atoms with Crippen molar-refractivity contribution >= 4 is 28.9 Å². The molecule has 0 saturated carbocycles. The molecule has 1 heterocycles. The van der Waals surface area contributed by atoms with Gasteiger partial charge in [0.05, 0.1) is 11.4 Å². The van der Waals surface area contributed by atoms with E-state index in [1.165, 1.54) is 21.2 Å². The van der Waals surface area contributed by atoms with Crippen molar-refractivity contribution in [2.75, 3.05) is 11.4 Å². The number of para-hydroxylation sites is 2. The largest absolute Gasteiger partial charge is 0.340 e. The van der Waals surface area contributed by atoms with Gasteiger partial charge in [0.15, 0.2) is 0 Å². The lowest BCUT2D eigenvalue weighted by atomic mass is 10.1. The number of ketones is 1. The Morgan fingerprint density at radius 2 is 1.55 bits per heavy atom. The van der Waals surface area contributed by atoms with E-state index in [0.717, 1.165) is 13.0 Å². The first-order chi connectivity index (χ1) is 9.75. The minimum atomic E-state index is 0.262. The molecular weight excluding hydrogens is 266 g/mol. The van der Waals surface area contributed by atoms with E-state index in [1.807, 2.05) is 11.8 Å². The molecular formula is C17H17NOS. The Labute approximate surface area is 123 Å². The lowest BCUT2D eigenvalue weighted by molar-refractivity contribution is -0.117. The zero-order valence-corrected chi connectivity index (χ0v) is 12.3. The molecule has 1 aliphatic heterocycles. The smallest absolute Gasteiger partial charge is 0.129 e. The van der Waals surface area contributed by atoms with Crippen molar-refractivity contribution in [2.45, 2.75) is 29.6 Å². The van der Waals surface area contributed by atoms with Crippen LogP contribution in [-0.2, 0) is 4.79 Å². The molecule has 20 heavy (non-hydrogen) atoms. The standard InChI is InChI=1S/C17H17NOS/c1-13(19)7-6-12-18-14-8-2-4-10-16(14)20-17-11-5-3-9-15(17)18/h2-5,8-11H,6-7,12H2,1H3. The molecule has 0 atom stereocenters. The normalized spacial score (nSPS) is 12.8. The second-order valence-electron chi connectivity index (χ2n) is 4.99. The average molecular weight is 283 g/mol. The van der Waals surface area contributed by atoms with E-state index >= 15 is 0 Å². The quantitative estimate of drug-likeness (QED) is 0.814. The maximum atomic E-state index is 11.2. The Kier molecular flexibility index (Phi) is 3.79. The van der Waals surface area contributed by atoms with E-state index in [1.54, 1.807) is 6.92 Å². The van der Waals surface area contributed by atoms with Crippen LogP contribution < -0.4 is 4.90 Å². The predicted octanol–water partition coefficient (Wildman–Crippen LogP) is 4.66. The highest BCUT2D eigenvalue weighted by atomic mass is 32.2. The number of nitrogens with zero attached hydrogens (tertiary/aromatic N) is 1. The van der Waals surface area contributed by atoms with Crippen LogP contribution in [0.2, 0.25) is 0 Å². The van der Waals surface area contributed by atoms with Crippen LogP contribution in [0.5, 0.6) is 0 Å². The van der Waals surface area contributed by atoms with Gasteiger partial charge in [-0.25, -0.2) is 0 Å². The molecule has 0 aliphatic carbocycles. The van der Waals surface area contributed by atoms with Crippen molar-refractivity contribution in [1.29, 1.82) is 0 Å². The molecule has 3 heteroatoms. The topological polar surface area (TPSA) is 20.3 Å². The molecule has 102 valence electrons. The van der Waals surface area contributed by atoms with Crippen LogP contribution in [0.1, 0.15) is 19.8 Å². The van der Waals surface area contributed by atoms with Gasteiger partial charge >= 0.3 is 0 Å². The first-order valence-corrected chi connectivity index (χ1v) is 7.70. The van der Waals surface area contributed by atoms with Crippen LogP contribution in [0.15, 0.2) is 58.3 Å². The molecule has 0 radical (unpaired) electrons. The van der Waals surface area contributed by atoms with E-state index in [4.69, 9.17) is 0 Å². The van der Waals surface area contributed by atoms with Gasteiger partial charge in [0.1, 0.15) is 5.78 Å². The number of anilines is 2. The molecule has 0 bridgehead atoms. The number of hydrogen-bond acceptors (Lipinski definition) is 3. The molecule has 0 amide bonds. The van der Waals surface area contributed by atoms with Crippen LogP contribution in [-0.4, -0.2) is 12.3 Å². The second-order valence-corrected chi connectivity index (χ2v) is 6.08. The SMILES string of the molecule is CC(=O)CCCN1c2ccccc2Sc2ccccc21. The molecule has 0 spiro atoms. The van der Waals surface area contributed by atoms with Gasteiger partial charge in [-0.05, 0) is 37.6 Å². The van der Waals surface area contributed by atoms with Gasteiger partial charge in [0.2, 0.25) is 0 Å². The van der Waals surface area contributed by atoms with Gasteiger partial charge in [0.25, 0.3) is 0 Å². The number of fused-ring (bicyclic) bond motifs is 2. The highest BCUT2D eigenvalue weighted by Crippen LogP contribution is 2.47. The number of carbonyl (C=O) groups is 1. The molecule has 0 aromatic heterocycles. The Balaban J connectivity index is 1.93. The van der Waals surface area contributed by atoms with E-state index in [2.05, 4.69) is 53.4 Å². The fraction of sp³-hybridized carbons (Fsp3) is 0.235. The molecule has 0 saturated heterocycles. The number of carbonyl (C=O) groups excluding carboxylic acids is 1. The van der Waals surface area contributed by atoms with E-state index in [-0.39, 0.29) is 5.78 Å². The number of Topliss-reactive ketones (excluding diaryl/α,β-unsaturated/α-hetero) is 1. The monoisotopic (exact) mass is 283 g/mol. The van der Waals surface area contributed by atoms with Gasteiger partial charge in [-0.15, -0.1) is 0 Å². The van der Waals surface area contributed by atoms with Gasteiger partial charge in [-0.3, -0.25) is 0 Å². The summed E-state index contributed by atoms with van der Waals surface area (Å²) in [6, 6.07) is 16.9. The van der Waals surface area contributed by atoms with E-state index < -0.39 is 0 Å². The average Bonchev–Trinajstić information content (AvgIpc) is 2.46. The minimum absolute atomic E-state index is 0.262. The summed E-state index contributed by atoms with van der Waals surface area (Å²) in [6.45, 7) is 2.54. The van der Waals surface area contributed by atoms with Gasteiger partial charge < -0.3 is 9.69 Å². The molecule has 3 rings (SSSR count). The molecule has 2 aromatic rings. The highest BCUT2D eigenvalue weighted by Gasteiger charge is 2.22. The Bertz CT molecular complexity index is 593. The summed E-state index contributed by atoms with van der Waals surface area (Å²) in [7, 11) is 0. The van der Waals surface area contributed by atoms with Crippen molar-refractivity contribution in [3.8, 4) is 0 Å². The summed E-state index contributed by atoms with van der Waals surface area (Å²) in [5, 5.41) is 0. The Hall–Kier alpha value is -1.74. The molecule has 0 N–H and O–H groups in total. The number of benzene rings is 2. The van der Waals surface area contributed by atoms with Crippen LogP contribution >= 0.6 is 11.8 Å². The van der Waals surface area contributed by atoms with Crippen molar-refractivity contribution in [1.82, 2.24) is 0 Å². The van der Waals surface area contributed by atoms with Crippen LogP contribution in [0.4, 0.5) is 11.4 Å². The zero-order chi connectivity index (χ0) is 13.9. The summed E-state index contributed by atoms with van der Waals surface area (Å²) < 4.78 is 0. The maximum absolute atomic E-state index is 11.2. The summed E-state index contributed by atoms with van der Waals surface area (Å²) >= 11 is 1.82. The Morgan fingerprint density at radius 3 is 2.10 bits per heavy atom. The van der Waals surface area contributed by atoms with Gasteiger partial charge in [-0.1, -0.05) is 36.0 Å². The molecule has 0 unspecified atom stereocenters. The second kappa shape index (κ2) is 5.71. The zero-order valence-electron chi connectivity index (χ0n) is 11.5. The third kappa shape index (κ3) is 2.59. The molecule has 2 aromatic carbocycles. The third-order valence-corrected chi connectivity index (χ3v) is 4.57. The Morgan fingerprint density at radius 1 is 1.00 bits per heavy atom. The number of hydrogen-bond donors (Lipinski definition) is 0. The lowest BCUT2D eigenvalue weighted by Gasteiger charge is -2.32. The fourth-order valence-corrected chi connectivity index (χ4v) is 3.60. The first-order valence-electron chi connectivity index (χ1n) is 6.88. The predicted molar refractivity (Wildman–Crippen MR) is 83.9 cm³/mol. The minimum Gasteiger partial charge on any atom is -0.340 e. The summed E-state index contributed by atoms with van der Waals surface area (Å²) in [6.07, 6.45) is 1.54. The lowest BCUT2D eigenvalue weighted by Crippen LogP contribution is -2.22. The van der Waals surface area contributed by atoms with E-state index in [9.17, 15) is 4.79 Å². The van der Waals surface area contributed by atoms with Gasteiger partial charge in [-0.2, -0.15) is 0 Å². The number of rotatable bonds is 4. The maximum Gasteiger partial charge on any atom is 0.129 e. The molecule has 1 aliphatic rings. The van der Waals surface area contributed by atoms with Crippen molar-refractivity contribution < 1.29 is 4.79 Å². The van der Waals surface area contributed by atoms with Gasteiger partial charge in [0, 0.05) is 22.8 Å². The van der Waals surface area contributed by atoms with Crippen molar-refractivity contribution in [3.05, 3.63) is 48.5 Å².